The van der Waals surface area contributed by atoms with E-state index in [1.807, 2.05) is 13.8 Å². The molecule has 186 valence electrons. The molecule has 3 atom stereocenters. The molecule has 0 fully saturated rings. The van der Waals surface area contributed by atoms with E-state index in [1.54, 1.807) is 0 Å². The largest absolute Gasteiger partial charge is 0.462 e. The van der Waals surface area contributed by atoms with Gasteiger partial charge in [0.15, 0.2) is 5.25 Å². The Morgan fingerprint density at radius 3 is 1.61 bits per heavy atom. The summed E-state index contributed by atoms with van der Waals surface area (Å²) in [6, 6.07) is 0. The maximum absolute atomic E-state index is 12.4. The van der Waals surface area contributed by atoms with Crippen molar-refractivity contribution in [2.75, 3.05) is 0 Å². The van der Waals surface area contributed by atoms with Gasteiger partial charge in [-0.15, -0.1) is 0 Å². The molecule has 0 rings (SSSR count). The van der Waals surface area contributed by atoms with E-state index < -0.39 is 39.8 Å². The number of unbranched alkanes of at least 4 members (excludes halogenated alkanes) is 6. The van der Waals surface area contributed by atoms with E-state index in [-0.39, 0.29) is 12.3 Å². The highest BCUT2D eigenvalue weighted by atomic mass is 32.2. The quantitative estimate of drug-likeness (QED) is 0.155. The van der Waals surface area contributed by atoms with E-state index in [4.69, 9.17) is 9.47 Å². The van der Waals surface area contributed by atoms with Gasteiger partial charge in [0.05, 0.1) is 6.42 Å². The van der Waals surface area contributed by atoms with Crippen molar-refractivity contribution in [1.82, 2.24) is 6.15 Å². The summed E-state index contributed by atoms with van der Waals surface area (Å²) in [5.74, 6) is -1.90. The van der Waals surface area contributed by atoms with Gasteiger partial charge in [-0.2, -0.15) is 8.42 Å². The average Bonchev–Trinajstić information content (AvgIpc) is 2.69. The van der Waals surface area contributed by atoms with E-state index in [0.29, 0.717) is 25.7 Å². The third-order valence-corrected chi connectivity index (χ3v) is 6.30. The topological polar surface area (TPSA) is 142 Å². The van der Waals surface area contributed by atoms with Crippen LogP contribution in [-0.2, 0) is 29.2 Å². The Balaban J connectivity index is 0. The van der Waals surface area contributed by atoms with Gasteiger partial charge in [0, 0.05) is 0 Å². The van der Waals surface area contributed by atoms with Crippen LogP contribution < -0.4 is 6.15 Å². The van der Waals surface area contributed by atoms with Crippen LogP contribution in [0.4, 0.5) is 0 Å². The molecule has 0 aromatic heterocycles. The Morgan fingerprint density at radius 2 is 1.23 bits per heavy atom. The second-order valence-corrected chi connectivity index (χ2v) is 9.49. The summed E-state index contributed by atoms with van der Waals surface area (Å²) in [5, 5.41) is -1.95. The van der Waals surface area contributed by atoms with Crippen molar-refractivity contribution in [3.63, 3.8) is 0 Å². The molecule has 4 N–H and O–H groups in total. The predicted molar refractivity (Wildman–Crippen MR) is 123 cm³/mol. The van der Waals surface area contributed by atoms with E-state index in [0.717, 1.165) is 51.4 Å². The van der Waals surface area contributed by atoms with Gasteiger partial charge in [0.25, 0.3) is 10.1 Å². The molecule has 0 amide bonds. The fraction of sp³-hybridized carbons (Fsp3) is 0.909. The summed E-state index contributed by atoms with van der Waals surface area (Å²) in [7, 11) is -4.78. The molecule has 0 bridgehead atoms. The first-order valence-corrected chi connectivity index (χ1v) is 13.1. The lowest BCUT2D eigenvalue weighted by atomic mass is 10.1. The predicted octanol–water partition coefficient (Wildman–Crippen LogP) is 5.38. The van der Waals surface area contributed by atoms with Gasteiger partial charge < -0.3 is 15.6 Å². The smallest absolute Gasteiger partial charge is 0.327 e. The Labute approximate surface area is 189 Å². The molecule has 0 aliphatic heterocycles. The Hall–Kier alpha value is -1.19. The average molecular weight is 468 g/mol. The van der Waals surface area contributed by atoms with Gasteiger partial charge in [0.2, 0.25) is 0 Å². The number of hydrogen-bond acceptors (Lipinski definition) is 7. The molecular weight excluding hydrogens is 422 g/mol. The maximum atomic E-state index is 12.4. The lowest BCUT2D eigenvalue weighted by Crippen LogP contribution is -2.37. The van der Waals surface area contributed by atoms with Crippen LogP contribution in [0.2, 0.25) is 0 Å². The normalized spacial score (nSPS) is 14.2. The van der Waals surface area contributed by atoms with Crippen LogP contribution in [-0.4, -0.2) is 42.4 Å². The zero-order valence-electron chi connectivity index (χ0n) is 19.9. The maximum Gasteiger partial charge on any atom is 0.327 e. The van der Waals surface area contributed by atoms with Crippen molar-refractivity contribution >= 4 is 22.1 Å². The van der Waals surface area contributed by atoms with Crippen molar-refractivity contribution in [2.45, 2.75) is 129 Å². The minimum Gasteiger partial charge on any atom is -0.462 e. The van der Waals surface area contributed by atoms with E-state index in [9.17, 15) is 22.6 Å². The minimum absolute atomic E-state index is 0. The molecule has 0 aliphatic rings. The second-order valence-electron chi connectivity index (χ2n) is 7.89. The number of esters is 2. The van der Waals surface area contributed by atoms with Gasteiger partial charge in [-0.05, 0) is 38.5 Å². The number of rotatable bonds is 18. The first-order chi connectivity index (χ1) is 14.2. The fourth-order valence-electron chi connectivity index (χ4n) is 3.23. The van der Waals surface area contributed by atoms with E-state index >= 15 is 0 Å². The van der Waals surface area contributed by atoms with Crippen molar-refractivity contribution in [2.24, 2.45) is 0 Å². The molecule has 8 nitrogen and oxygen atoms in total. The number of ether oxygens (including phenoxy) is 2. The van der Waals surface area contributed by atoms with Gasteiger partial charge >= 0.3 is 11.9 Å². The van der Waals surface area contributed by atoms with Crippen LogP contribution in [0.25, 0.3) is 0 Å². The fourth-order valence-corrected chi connectivity index (χ4v) is 3.87. The monoisotopic (exact) mass is 467 g/mol. The molecule has 0 radical (unpaired) electrons. The Bertz CT molecular complexity index is 580. The summed E-state index contributed by atoms with van der Waals surface area (Å²) < 4.78 is 43.6. The number of carbonyl (C=O) groups is 2. The molecule has 31 heavy (non-hydrogen) atoms. The SMILES string of the molecule is CCCCCCC(CC)OC(=O)CC(C(=O)OC(CC)CCCCCC)S(=O)(=O)O.N. The zero-order valence-corrected chi connectivity index (χ0v) is 20.8. The highest BCUT2D eigenvalue weighted by Crippen LogP contribution is 2.17. The zero-order chi connectivity index (χ0) is 23.0. The van der Waals surface area contributed by atoms with Crippen LogP contribution in [0.15, 0.2) is 0 Å². The standard InChI is InChI=1S/C22H42O7S.H3N/c1-5-9-11-13-15-18(7-3)28-21(23)17-20(30(25,26)27)22(24)29-19(8-4)16-14-12-10-6-2;/h18-20H,5-17H2,1-4H3,(H,25,26,27);1H3. The van der Waals surface area contributed by atoms with Gasteiger partial charge in [-0.3, -0.25) is 14.1 Å². The molecule has 0 spiro atoms. The van der Waals surface area contributed by atoms with E-state index in [1.165, 1.54) is 0 Å². The van der Waals surface area contributed by atoms with Gasteiger partial charge in [0.1, 0.15) is 12.2 Å². The Morgan fingerprint density at radius 1 is 0.774 bits per heavy atom. The third kappa shape index (κ3) is 15.3. The molecule has 0 saturated carbocycles. The summed E-state index contributed by atoms with van der Waals surface area (Å²) in [6.07, 6.45) is 9.18. The molecular formula is C22H45NO7S. The molecule has 9 heteroatoms. The lowest BCUT2D eigenvalue weighted by molar-refractivity contribution is -0.156. The van der Waals surface area contributed by atoms with Gasteiger partial charge in [-0.1, -0.05) is 66.2 Å². The minimum atomic E-state index is -4.78. The summed E-state index contributed by atoms with van der Waals surface area (Å²) >= 11 is 0. The second kappa shape index (κ2) is 18.4. The lowest BCUT2D eigenvalue weighted by Gasteiger charge is -2.21. The molecule has 0 aliphatic carbocycles. The van der Waals surface area contributed by atoms with Crippen molar-refractivity contribution < 1.29 is 32.0 Å². The third-order valence-electron chi connectivity index (χ3n) is 5.23. The van der Waals surface area contributed by atoms with Crippen LogP contribution >= 0.6 is 0 Å². The van der Waals surface area contributed by atoms with Crippen LogP contribution in [0.5, 0.6) is 0 Å². The van der Waals surface area contributed by atoms with Gasteiger partial charge in [-0.25, -0.2) is 0 Å². The van der Waals surface area contributed by atoms with Crippen LogP contribution in [0.1, 0.15) is 111 Å². The van der Waals surface area contributed by atoms with Crippen molar-refractivity contribution in [1.29, 1.82) is 0 Å². The van der Waals surface area contributed by atoms with Crippen LogP contribution in [0.3, 0.4) is 0 Å². The molecule has 0 aromatic carbocycles. The molecule has 0 saturated heterocycles. The summed E-state index contributed by atoms with van der Waals surface area (Å²) in [5.41, 5.74) is 0. The van der Waals surface area contributed by atoms with Crippen molar-refractivity contribution in [3.05, 3.63) is 0 Å². The summed E-state index contributed by atoms with van der Waals surface area (Å²) in [6.45, 7) is 7.94. The highest BCUT2D eigenvalue weighted by molar-refractivity contribution is 7.87. The Kier molecular flexibility index (Phi) is 19.0. The van der Waals surface area contributed by atoms with E-state index in [2.05, 4.69) is 13.8 Å². The van der Waals surface area contributed by atoms with Crippen LogP contribution in [0, 0.1) is 0 Å². The molecule has 0 heterocycles. The first-order valence-electron chi connectivity index (χ1n) is 11.6. The number of hydrogen-bond donors (Lipinski definition) is 2. The molecule has 3 unspecified atom stereocenters. The molecule has 0 aromatic rings. The highest BCUT2D eigenvalue weighted by Gasteiger charge is 2.37. The summed E-state index contributed by atoms with van der Waals surface area (Å²) in [4.78, 5) is 24.7. The number of carbonyl (C=O) groups excluding carboxylic acids is 2. The first kappa shape index (κ1) is 32.0. The van der Waals surface area contributed by atoms with Crippen molar-refractivity contribution in [3.8, 4) is 0 Å².